The van der Waals surface area contributed by atoms with Crippen LogP contribution in [0.5, 0.6) is 0 Å². The van der Waals surface area contributed by atoms with E-state index in [1.165, 1.54) is 0 Å². The zero-order valence-corrected chi connectivity index (χ0v) is 9.90. The second-order valence-electron chi connectivity index (χ2n) is 3.84. The number of hydrogen-bond donors (Lipinski definition) is 2. The standard InChI is InChI=1S/C12H15N3O2/c1-3-10(6-12(16)17)15-11-5-9(7-13)4-8(2)14-11/h4-5,10H,3,6H2,1-2H3,(H,14,15)(H,16,17). The van der Waals surface area contributed by atoms with Gasteiger partial charge in [0.05, 0.1) is 18.1 Å². The molecule has 1 aromatic rings. The first-order chi connectivity index (χ1) is 8.05. The van der Waals surface area contributed by atoms with Gasteiger partial charge in [-0.15, -0.1) is 0 Å². The molecule has 5 nitrogen and oxygen atoms in total. The van der Waals surface area contributed by atoms with Crippen molar-refractivity contribution in [3.63, 3.8) is 0 Å². The Morgan fingerprint density at radius 2 is 2.35 bits per heavy atom. The third-order valence-corrected chi connectivity index (χ3v) is 2.35. The Hall–Kier alpha value is -2.09. The minimum absolute atomic E-state index is 0.0357. The highest BCUT2D eigenvalue weighted by Crippen LogP contribution is 2.12. The molecule has 0 saturated heterocycles. The van der Waals surface area contributed by atoms with Crippen molar-refractivity contribution in [3.8, 4) is 6.07 Å². The van der Waals surface area contributed by atoms with E-state index in [4.69, 9.17) is 10.4 Å². The molecule has 0 aromatic carbocycles. The Balaban J connectivity index is 2.82. The van der Waals surface area contributed by atoms with Crippen LogP contribution in [-0.4, -0.2) is 22.1 Å². The van der Waals surface area contributed by atoms with Crippen LogP contribution in [0.25, 0.3) is 0 Å². The van der Waals surface area contributed by atoms with Crippen LogP contribution in [-0.2, 0) is 4.79 Å². The molecule has 1 aromatic heterocycles. The van der Waals surface area contributed by atoms with E-state index in [0.29, 0.717) is 17.8 Å². The molecule has 0 spiro atoms. The third kappa shape index (κ3) is 4.11. The maximum atomic E-state index is 10.6. The summed E-state index contributed by atoms with van der Waals surface area (Å²) in [5, 5.41) is 20.6. The number of carboxylic acid groups (broad SMARTS) is 1. The lowest BCUT2D eigenvalue weighted by molar-refractivity contribution is -0.137. The molecule has 90 valence electrons. The van der Waals surface area contributed by atoms with Crippen LogP contribution in [0.4, 0.5) is 5.82 Å². The zero-order valence-electron chi connectivity index (χ0n) is 9.90. The summed E-state index contributed by atoms with van der Waals surface area (Å²) < 4.78 is 0. The van der Waals surface area contributed by atoms with Gasteiger partial charge in [0.25, 0.3) is 0 Å². The van der Waals surface area contributed by atoms with E-state index < -0.39 is 5.97 Å². The maximum Gasteiger partial charge on any atom is 0.305 e. The van der Waals surface area contributed by atoms with Gasteiger partial charge in [0.2, 0.25) is 0 Å². The van der Waals surface area contributed by atoms with Gasteiger partial charge in [-0.25, -0.2) is 4.98 Å². The Morgan fingerprint density at radius 1 is 1.65 bits per heavy atom. The van der Waals surface area contributed by atoms with Crippen LogP contribution < -0.4 is 5.32 Å². The number of anilines is 1. The quantitative estimate of drug-likeness (QED) is 0.811. The molecular weight excluding hydrogens is 218 g/mol. The Labute approximate surface area is 100 Å². The lowest BCUT2D eigenvalue weighted by Gasteiger charge is -2.15. The van der Waals surface area contributed by atoms with Crippen molar-refractivity contribution in [2.75, 3.05) is 5.32 Å². The predicted molar refractivity (Wildman–Crippen MR) is 63.6 cm³/mol. The molecule has 2 N–H and O–H groups in total. The molecule has 1 heterocycles. The average Bonchev–Trinajstić information content (AvgIpc) is 2.26. The summed E-state index contributed by atoms with van der Waals surface area (Å²) in [5.41, 5.74) is 1.25. The number of rotatable bonds is 5. The average molecular weight is 233 g/mol. The molecule has 5 heteroatoms. The zero-order chi connectivity index (χ0) is 12.8. The molecule has 17 heavy (non-hydrogen) atoms. The lowest BCUT2D eigenvalue weighted by atomic mass is 10.1. The van der Waals surface area contributed by atoms with Gasteiger partial charge in [-0.1, -0.05) is 6.92 Å². The van der Waals surface area contributed by atoms with E-state index in [2.05, 4.69) is 10.3 Å². The highest BCUT2D eigenvalue weighted by atomic mass is 16.4. The van der Waals surface area contributed by atoms with Gasteiger partial charge in [0, 0.05) is 11.7 Å². The van der Waals surface area contributed by atoms with Gasteiger partial charge in [-0.05, 0) is 25.5 Å². The van der Waals surface area contributed by atoms with Crippen molar-refractivity contribution in [2.24, 2.45) is 0 Å². The Kier molecular flexibility index (Phi) is 4.46. The van der Waals surface area contributed by atoms with E-state index in [1.54, 1.807) is 19.1 Å². The van der Waals surface area contributed by atoms with Crippen molar-refractivity contribution in [1.82, 2.24) is 4.98 Å². The molecule has 1 unspecified atom stereocenters. The summed E-state index contributed by atoms with van der Waals surface area (Å²) in [6.45, 7) is 3.70. The van der Waals surface area contributed by atoms with Crippen molar-refractivity contribution < 1.29 is 9.90 Å². The van der Waals surface area contributed by atoms with E-state index in [0.717, 1.165) is 5.69 Å². The van der Waals surface area contributed by atoms with E-state index >= 15 is 0 Å². The van der Waals surface area contributed by atoms with Crippen molar-refractivity contribution in [2.45, 2.75) is 32.7 Å². The lowest BCUT2D eigenvalue weighted by Crippen LogP contribution is -2.22. The van der Waals surface area contributed by atoms with Crippen molar-refractivity contribution in [1.29, 1.82) is 5.26 Å². The van der Waals surface area contributed by atoms with Crippen LogP contribution in [0.3, 0.4) is 0 Å². The minimum Gasteiger partial charge on any atom is -0.481 e. The number of pyridine rings is 1. The fraction of sp³-hybridized carbons (Fsp3) is 0.417. The molecule has 1 atom stereocenters. The first-order valence-electron chi connectivity index (χ1n) is 5.42. The summed E-state index contributed by atoms with van der Waals surface area (Å²) in [7, 11) is 0. The number of aryl methyl sites for hydroxylation is 1. The molecule has 0 fully saturated rings. The Morgan fingerprint density at radius 3 is 2.88 bits per heavy atom. The van der Waals surface area contributed by atoms with Gasteiger partial charge >= 0.3 is 5.97 Å². The fourth-order valence-corrected chi connectivity index (χ4v) is 1.52. The molecule has 0 saturated carbocycles. The first-order valence-corrected chi connectivity index (χ1v) is 5.42. The van der Waals surface area contributed by atoms with Gasteiger partial charge < -0.3 is 10.4 Å². The summed E-state index contributed by atoms with van der Waals surface area (Å²) >= 11 is 0. The first kappa shape index (κ1) is 13.0. The number of hydrogen-bond acceptors (Lipinski definition) is 4. The van der Waals surface area contributed by atoms with E-state index in [9.17, 15) is 4.79 Å². The molecule has 0 aliphatic heterocycles. The highest BCUT2D eigenvalue weighted by Gasteiger charge is 2.11. The number of nitrogens with one attached hydrogen (secondary N) is 1. The van der Waals surface area contributed by atoms with E-state index in [-0.39, 0.29) is 12.5 Å². The molecular formula is C12H15N3O2. The monoisotopic (exact) mass is 233 g/mol. The number of nitrogens with zero attached hydrogens (tertiary/aromatic N) is 2. The summed E-state index contributed by atoms with van der Waals surface area (Å²) in [6, 6.07) is 5.18. The maximum absolute atomic E-state index is 10.6. The number of nitriles is 1. The number of aliphatic carboxylic acids is 1. The van der Waals surface area contributed by atoms with Crippen LogP contribution >= 0.6 is 0 Å². The van der Waals surface area contributed by atoms with E-state index in [1.807, 2.05) is 13.0 Å². The van der Waals surface area contributed by atoms with Crippen molar-refractivity contribution >= 4 is 11.8 Å². The SMILES string of the molecule is CCC(CC(=O)O)Nc1cc(C#N)cc(C)n1. The van der Waals surface area contributed by atoms with Crippen LogP contribution in [0.2, 0.25) is 0 Å². The number of aromatic nitrogens is 1. The van der Waals surface area contributed by atoms with Gasteiger partial charge in [-0.3, -0.25) is 4.79 Å². The normalized spacial score (nSPS) is 11.6. The molecule has 0 aliphatic rings. The largest absolute Gasteiger partial charge is 0.481 e. The topological polar surface area (TPSA) is 86.0 Å². The van der Waals surface area contributed by atoms with Crippen LogP contribution in [0.15, 0.2) is 12.1 Å². The fourth-order valence-electron chi connectivity index (χ4n) is 1.52. The molecule has 0 bridgehead atoms. The highest BCUT2D eigenvalue weighted by molar-refractivity contribution is 5.68. The van der Waals surface area contributed by atoms with Gasteiger partial charge in [0.15, 0.2) is 0 Å². The Bertz CT molecular complexity index is 452. The van der Waals surface area contributed by atoms with Crippen molar-refractivity contribution in [3.05, 3.63) is 23.4 Å². The number of carboxylic acids is 1. The molecule has 0 radical (unpaired) electrons. The second-order valence-corrected chi connectivity index (χ2v) is 3.84. The smallest absolute Gasteiger partial charge is 0.305 e. The predicted octanol–water partition coefficient (Wildman–Crippen LogP) is 1.93. The molecule has 1 rings (SSSR count). The molecule has 0 aliphatic carbocycles. The second kappa shape index (κ2) is 5.85. The van der Waals surface area contributed by atoms with Crippen LogP contribution in [0, 0.1) is 18.3 Å². The van der Waals surface area contributed by atoms with Crippen LogP contribution in [0.1, 0.15) is 31.0 Å². The summed E-state index contributed by atoms with van der Waals surface area (Å²) in [4.78, 5) is 14.9. The summed E-state index contributed by atoms with van der Waals surface area (Å²) in [5.74, 6) is -0.299. The number of carbonyl (C=O) groups is 1. The minimum atomic E-state index is -0.850. The summed E-state index contributed by atoms with van der Waals surface area (Å²) in [6.07, 6.45) is 0.720. The van der Waals surface area contributed by atoms with Gasteiger partial charge in [-0.2, -0.15) is 5.26 Å². The molecule has 0 amide bonds. The van der Waals surface area contributed by atoms with Gasteiger partial charge in [0.1, 0.15) is 5.82 Å². The third-order valence-electron chi connectivity index (χ3n) is 2.35.